The van der Waals surface area contributed by atoms with Crippen molar-refractivity contribution in [1.82, 2.24) is 0 Å². The third-order valence-corrected chi connectivity index (χ3v) is 4.90. The number of hydrogen-bond acceptors (Lipinski definition) is 4. The van der Waals surface area contributed by atoms with Crippen molar-refractivity contribution in [3.05, 3.63) is 12.2 Å². The van der Waals surface area contributed by atoms with Gasteiger partial charge in [-0.2, -0.15) is 0 Å². The first-order valence-corrected chi connectivity index (χ1v) is 10.2. The SMILES string of the molecule is CCCCCCCCCCOC(=O)/C=C/C(=O)OC1CCCCC1C. The summed E-state index contributed by atoms with van der Waals surface area (Å²) >= 11 is 0. The third kappa shape index (κ3) is 11.0. The Bertz CT molecular complexity index is 403. The van der Waals surface area contributed by atoms with Gasteiger partial charge in [0.25, 0.3) is 0 Å². The molecule has 0 aromatic carbocycles. The molecule has 4 nitrogen and oxygen atoms in total. The van der Waals surface area contributed by atoms with Crippen LogP contribution in [0.1, 0.15) is 90.9 Å². The van der Waals surface area contributed by atoms with Gasteiger partial charge in [0.15, 0.2) is 0 Å². The van der Waals surface area contributed by atoms with E-state index in [9.17, 15) is 9.59 Å². The lowest BCUT2D eigenvalue weighted by Crippen LogP contribution is -2.27. The van der Waals surface area contributed by atoms with Gasteiger partial charge in [-0.3, -0.25) is 0 Å². The molecular weight excluding hydrogens is 316 g/mol. The fraction of sp³-hybridized carbons (Fsp3) is 0.810. The number of rotatable bonds is 12. The molecule has 1 aliphatic rings. The highest BCUT2D eigenvalue weighted by Crippen LogP contribution is 2.26. The largest absolute Gasteiger partial charge is 0.463 e. The van der Waals surface area contributed by atoms with Gasteiger partial charge in [0.1, 0.15) is 6.10 Å². The molecule has 1 saturated carbocycles. The van der Waals surface area contributed by atoms with Crippen molar-refractivity contribution in [3.8, 4) is 0 Å². The molecule has 0 N–H and O–H groups in total. The molecule has 0 amide bonds. The lowest BCUT2D eigenvalue weighted by atomic mass is 9.88. The van der Waals surface area contributed by atoms with Gasteiger partial charge in [-0.1, -0.05) is 65.2 Å². The molecule has 1 rings (SSSR count). The van der Waals surface area contributed by atoms with Crippen molar-refractivity contribution in [2.75, 3.05) is 6.61 Å². The van der Waals surface area contributed by atoms with E-state index in [4.69, 9.17) is 9.47 Å². The summed E-state index contributed by atoms with van der Waals surface area (Å²) in [4.78, 5) is 23.4. The quantitative estimate of drug-likeness (QED) is 0.270. The molecule has 0 aromatic rings. The number of hydrogen-bond donors (Lipinski definition) is 0. The Hall–Kier alpha value is -1.32. The average Bonchev–Trinajstić information content (AvgIpc) is 2.60. The summed E-state index contributed by atoms with van der Waals surface area (Å²) in [5.41, 5.74) is 0. The van der Waals surface area contributed by atoms with E-state index in [0.29, 0.717) is 12.5 Å². The van der Waals surface area contributed by atoms with Crippen LogP contribution in [0.3, 0.4) is 0 Å². The van der Waals surface area contributed by atoms with E-state index in [1.165, 1.54) is 57.1 Å². The van der Waals surface area contributed by atoms with Gasteiger partial charge >= 0.3 is 11.9 Å². The maximum atomic E-state index is 11.8. The fourth-order valence-electron chi connectivity index (χ4n) is 3.24. The van der Waals surface area contributed by atoms with E-state index in [1.807, 2.05) is 0 Å². The first kappa shape index (κ1) is 21.7. The highest BCUT2D eigenvalue weighted by Gasteiger charge is 2.23. The fourth-order valence-corrected chi connectivity index (χ4v) is 3.24. The molecule has 1 aliphatic carbocycles. The maximum absolute atomic E-state index is 11.8. The lowest BCUT2D eigenvalue weighted by Gasteiger charge is -2.27. The summed E-state index contributed by atoms with van der Waals surface area (Å²) in [6, 6.07) is 0. The van der Waals surface area contributed by atoms with Crippen molar-refractivity contribution in [2.24, 2.45) is 5.92 Å². The second-order valence-electron chi connectivity index (χ2n) is 7.21. The minimum Gasteiger partial charge on any atom is -0.463 e. The highest BCUT2D eigenvalue weighted by atomic mass is 16.5. The van der Waals surface area contributed by atoms with Crippen molar-refractivity contribution >= 4 is 11.9 Å². The van der Waals surface area contributed by atoms with Gasteiger partial charge in [0.2, 0.25) is 0 Å². The molecule has 0 spiro atoms. The highest BCUT2D eigenvalue weighted by molar-refractivity contribution is 5.91. The second-order valence-corrected chi connectivity index (χ2v) is 7.21. The van der Waals surface area contributed by atoms with Gasteiger partial charge in [-0.15, -0.1) is 0 Å². The zero-order chi connectivity index (χ0) is 18.3. The van der Waals surface area contributed by atoms with Crippen LogP contribution in [0.2, 0.25) is 0 Å². The zero-order valence-corrected chi connectivity index (χ0v) is 16.1. The molecule has 0 heterocycles. The number of carbonyl (C=O) groups is 2. The van der Waals surface area contributed by atoms with Gasteiger partial charge in [-0.05, 0) is 31.6 Å². The van der Waals surface area contributed by atoms with E-state index in [-0.39, 0.29) is 6.10 Å². The molecule has 0 radical (unpaired) electrons. The molecule has 2 atom stereocenters. The Balaban J connectivity index is 2.03. The van der Waals surface area contributed by atoms with Crippen LogP contribution >= 0.6 is 0 Å². The number of unbranched alkanes of at least 4 members (excludes halogenated alkanes) is 7. The lowest BCUT2D eigenvalue weighted by molar-refractivity contribution is -0.147. The summed E-state index contributed by atoms with van der Waals surface area (Å²) in [5.74, 6) is -0.501. The van der Waals surface area contributed by atoms with Gasteiger partial charge < -0.3 is 9.47 Å². The van der Waals surface area contributed by atoms with Gasteiger partial charge in [0, 0.05) is 12.2 Å². The monoisotopic (exact) mass is 352 g/mol. The molecule has 4 heteroatoms. The topological polar surface area (TPSA) is 52.6 Å². The first-order valence-electron chi connectivity index (χ1n) is 10.2. The van der Waals surface area contributed by atoms with E-state index >= 15 is 0 Å². The van der Waals surface area contributed by atoms with Gasteiger partial charge in [0.05, 0.1) is 6.61 Å². The Morgan fingerprint density at radius 2 is 1.48 bits per heavy atom. The van der Waals surface area contributed by atoms with Crippen LogP contribution < -0.4 is 0 Å². The summed E-state index contributed by atoms with van der Waals surface area (Å²) in [6.07, 6.45) is 16.4. The van der Waals surface area contributed by atoms with Gasteiger partial charge in [-0.25, -0.2) is 9.59 Å². The average molecular weight is 353 g/mol. The van der Waals surface area contributed by atoms with Crippen molar-refractivity contribution in [2.45, 2.75) is 97.0 Å². The molecular formula is C21H36O4. The molecule has 0 aromatic heterocycles. The van der Waals surface area contributed by atoms with Crippen LogP contribution in [0.25, 0.3) is 0 Å². The van der Waals surface area contributed by atoms with E-state index in [1.54, 1.807) is 0 Å². The van der Waals surface area contributed by atoms with Crippen LogP contribution in [-0.4, -0.2) is 24.6 Å². The normalized spacial score (nSPS) is 20.6. The number of ether oxygens (including phenoxy) is 2. The third-order valence-electron chi connectivity index (χ3n) is 4.90. The number of carbonyl (C=O) groups excluding carboxylic acids is 2. The summed E-state index contributed by atoms with van der Waals surface area (Å²) in [5, 5.41) is 0. The maximum Gasteiger partial charge on any atom is 0.331 e. The van der Waals surface area contributed by atoms with Crippen molar-refractivity contribution in [3.63, 3.8) is 0 Å². The van der Waals surface area contributed by atoms with Crippen molar-refractivity contribution in [1.29, 1.82) is 0 Å². The number of esters is 2. The molecule has 0 saturated heterocycles. The van der Waals surface area contributed by atoms with E-state index < -0.39 is 11.9 Å². The molecule has 0 aliphatic heterocycles. The Morgan fingerprint density at radius 3 is 2.16 bits per heavy atom. The van der Waals surface area contributed by atoms with Crippen LogP contribution in [0.4, 0.5) is 0 Å². The predicted octanol–water partition coefficient (Wildman–Crippen LogP) is 5.35. The Kier molecular flexibility index (Phi) is 12.1. The van der Waals surface area contributed by atoms with Crippen LogP contribution in [0.5, 0.6) is 0 Å². The zero-order valence-electron chi connectivity index (χ0n) is 16.1. The van der Waals surface area contributed by atoms with E-state index in [2.05, 4.69) is 13.8 Å². The molecule has 144 valence electrons. The minimum absolute atomic E-state index is 0.0146. The van der Waals surface area contributed by atoms with Crippen LogP contribution in [0, 0.1) is 5.92 Å². The van der Waals surface area contributed by atoms with Crippen LogP contribution in [0.15, 0.2) is 12.2 Å². The van der Waals surface area contributed by atoms with E-state index in [0.717, 1.165) is 32.1 Å². The van der Waals surface area contributed by atoms with Crippen molar-refractivity contribution < 1.29 is 19.1 Å². The minimum atomic E-state index is -0.461. The Morgan fingerprint density at radius 1 is 0.880 bits per heavy atom. The predicted molar refractivity (Wildman–Crippen MR) is 100 cm³/mol. The molecule has 1 fully saturated rings. The second kappa shape index (κ2) is 13.9. The molecule has 2 unspecified atom stereocenters. The van der Waals surface area contributed by atoms with Crippen LogP contribution in [-0.2, 0) is 19.1 Å². The molecule has 0 bridgehead atoms. The smallest absolute Gasteiger partial charge is 0.331 e. The molecule has 25 heavy (non-hydrogen) atoms. The summed E-state index contributed by atoms with van der Waals surface area (Å²) in [7, 11) is 0. The summed E-state index contributed by atoms with van der Waals surface area (Å²) < 4.78 is 10.5. The first-order chi connectivity index (χ1) is 12.1. The standard InChI is InChI=1S/C21H36O4/c1-3-4-5-6-7-8-9-12-17-24-20(22)15-16-21(23)25-19-14-11-10-13-18(19)2/h15-16,18-19H,3-14,17H2,1-2H3/b16-15+. The Labute approximate surface area is 153 Å². The summed E-state index contributed by atoms with van der Waals surface area (Å²) in [6.45, 7) is 4.75.